The van der Waals surface area contributed by atoms with Gasteiger partial charge in [-0.2, -0.15) is 0 Å². The molecule has 104 valence electrons. The Labute approximate surface area is 118 Å². The second-order valence-corrected chi connectivity index (χ2v) is 5.16. The van der Waals surface area contributed by atoms with Gasteiger partial charge in [-0.05, 0) is 31.5 Å². The van der Waals surface area contributed by atoms with Crippen LogP contribution in [0, 0.1) is 5.41 Å². The summed E-state index contributed by atoms with van der Waals surface area (Å²) in [7, 11) is 1.34. The van der Waals surface area contributed by atoms with Gasteiger partial charge in [0.05, 0.1) is 18.1 Å². The van der Waals surface area contributed by atoms with Crippen LogP contribution >= 0.6 is 11.6 Å². The SMILES string of the molecule is COC(=O)c1ccc(CNC(=O)C(C)(C)CCl)cc1. The molecular formula is C14H18ClNO3. The summed E-state index contributed by atoms with van der Waals surface area (Å²) in [5.74, 6) is -0.210. The van der Waals surface area contributed by atoms with E-state index >= 15 is 0 Å². The third-order valence-electron chi connectivity index (χ3n) is 2.78. The van der Waals surface area contributed by atoms with Crippen molar-refractivity contribution in [2.75, 3.05) is 13.0 Å². The third kappa shape index (κ3) is 4.24. The van der Waals surface area contributed by atoms with Crippen molar-refractivity contribution in [2.45, 2.75) is 20.4 Å². The number of hydrogen-bond acceptors (Lipinski definition) is 3. The molecule has 4 nitrogen and oxygen atoms in total. The fourth-order valence-corrected chi connectivity index (χ4v) is 1.48. The number of esters is 1. The summed E-state index contributed by atoms with van der Waals surface area (Å²) < 4.78 is 4.61. The zero-order valence-electron chi connectivity index (χ0n) is 11.3. The minimum Gasteiger partial charge on any atom is -0.465 e. The average molecular weight is 284 g/mol. The fraction of sp³-hybridized carbons (Fsp3) is 0.429. The molecule has 1 rings (SSSR count). The lowest BCUT2D eigenvalue weighted by Gasteiger charge is -2.20. The first-order valence-electron chi connectivity index (χ1n) is 5.92. The predicted molar refractivity (Wildman–Crippen MR) is 74.1 cm³/mol. The van der Waals surface area contributed by atoms with Gasteiger partial charge < -0.3 is 10.1 Å². The number of ether oxygens (including phenoxy) is 1. The van der Waals surface area contributed by atoms with Crippen molar-refractivity contribution in [1.29, 1.82) is 0 Å². The highest BCUT2D eigenvalue weighted by molar-refractivity contribution is 6.19. The van der Waals surface area contributed by atoms with Crippen molar-refractivity contribution >= 4 is 23.5 Å². The molecule has 0 atom stereocenters. The molecule has 0 saturated carbocycles. The van der Waals surface area contributed by atoms with Gasteiger partial charge in [0.2, 0.25) is 5.91 Å². The molecule has 0 unspecified atom stereocenters. The zero-order valence-corrected chi connectivity index (χ0v) is 12.1. The van der Waals surface area contributed by atoms with Gasteiger partial charge in [0, 0.05) is 12.4 Å². The first-order chi connectivity index (χ1) is 8.90. The summed E-state index contributed by atoms with van der Waals surface area (Å²) in [4.78, 5) is 23.1. The summed E-state index contributed by atoms with van der Waals surface area (Å²) in [5, 5.41) is 2.81. The minimum atomic E-state index is -0.590. The van der Waals surface area contributed by atoms with E-state index in [1.165, 1.54) is 7.11 Å². The van der Waals surface area contributed by atoms with Crippen molar-refractivity contribution in [3.05, 3.63) is 35.4 Å². The lowest BCUT2D eigenvalue weighted by Crippen LogP contribution is -2.37. The Morgan fingerprint density at radius 1 is 1.26 bits per heavy atom. The van der Waals surface area contributed by atoms with Crippen LogP contribution in [-0.2, 0) is 16.1 Å². The molecule has 0 fully saturated rings. The predicted octanol–water partition coefficient (Wildman–Crippen LogP) is 2.35. The number of alkyl halides is 1. The molecule has 0 aliphatic carbocycles. The van der Waals surface area contributed by atoms with Crippen molar-refractivity contribution in [3.8, 4) is 0 Å². The number of nitrogens with one attached hydrogen (secondary N) is 1. The summed E-state index contributed by atoms with van der Waals surface area (Å²) in [5.41, 5.74) is 0.804. The second-order valence-electron chi connectivity index (χ2n) is 4.89. The smallest absolute Gasteiger partial charge is 0.337 e. The largest absolute Gasteiger partial charge is 0.465 e. The van der Waals surface area contributed by atoms with Crippen LogP contribution in [0.2, 0.25) is 0 Å². The lowest BCUT2D eigenvalue weighted by molar-refractivity contribution is -0.128. The van der Waals surface area contributed by atoms with Crippen LogP contribution in [0.25, 0.3) is 0 Å². The Balaban J connectivity index is 2.60. The molecule has 1 aromatic carbocycles. The van der Waals surface area contributed by atoms with Crippen molar-refractivity contribution in [2.24, 2.45) is 5.41 Å². The molecule has 0 aromatic heterocycles. The maximum Gasteiger partial charge on any atom is 0.337 e. The first kappa shape index (κ1) is 15.5. The van der Waals surface area contributed by atoms with E-state index in [0.717, 1.165) is 5.56 Å². The van der Waals surface area contributed by atoms with Crippen molar-refractivity contribution in [3.63, 3.8) is 0 Å². The second kappa shape index (κ2) is 6.57. The summed E-state index contributed by atoms with van der Waals surface area (Å²) in [6, 6.07) is 6.89. The van der Waals surface area contributed by atoms with E-state index in [2.05, 4.69) is 10.1 Å². The summed E-state index contributed by atoms with van der Waals surface area (Å²) in [6.07, 6.45) is 0. The Kier molecular flexibility index (Phi) is 5.36. The van der Waals surface area contributed by atoms with Gasteiger partial charge in [0.15, 0.2) is 0 Å². The maximum atomic E-state index is 11.8. The molecule has 0 saturated heterocycles. The number of rotatable bonds is 5. The van der Waals surface area contributed by atoms with E-state index in [1.807, 2.05) is 0 Å². The quantitative estimate of drug-likeness (QED) is 0.667. The molecule has 0 radical (unpaired) electrons. The maximum absolute atomic E-state index is 11.8. The molecular weight excluding hydrogens is 266 g/mol. The molecule has 0 bridgehead atoms. The van der Waals surface area contributed by atoms with E-state index in [0.29, 0.717) is 12.1 Å². The molecule has 0 aliphatic rings. The Bertz CT molecular complexity index is 454. The van der Waals surface area contributed by atoms with Gasteiger partial charge in [-0.1, -0.05) is 12.1 Å². The highest BCUT2D eigenvalue weighted by Gasteiger charge is 2.25. The van der Waals surface area contributed by atoms with E-state index in [9.17, 15) is 9.59 Å². The molecule has 19 heavy (non-hydrogen) atoms. The number of carbonyl (C=O) groups is 2. The highest BCUT2D eigenvalue weighted by atomic mass is 35.5. The minimum absolute atomic E-state index is 0.0976. The standard InChI is InChI=1S/C14H18ClNO3/c1-14(2,9-15)13(18)16-8-10-4-6-11(7-5-10)12(17)19-3/h4-7H,8-9H2,1-3H3,(H,16,18). The summed E-state index contributed by atoms with van der Waals surface area (Å²) in [6.45, 7) is 3.98. The molecule has 1 amide bonds. The first-order valence-corrected chi connectivity index (χ1v) is 6.45. The van der Waals surface area contributed by atoms with Gasteiger partial charge in [-0.25, -0.2) is 4.79 Å². The Morgan fingerprint density at radius 3 is 2.32 bits per heavy atom. The number of carbonyl (C=O) groups excluding carboxylic acids is 2. The number of halogens is 1. The number of amides is 1. The van der Waals surface area contributed by atoms with Crippen molar-refractivity contribution in [1.82, 2.24) is 5.32 Å². The average Bonchev–Trinajstić information content (AvgIpc) is 2.44. The van der Waals surface area contributed by atoms with Gasteiger partial charge >= 0.3 is 5.97 Å². The molecule has 5 heteroatoms. The van der Waals surface area contributed by atoms with Crippen LogP contribution in [-0.4, -0.2) is 24.9 Å². The summed E-state index contributed by atoms with van der Waals surface area (Å²) >= 11 is 5.73. The molecule has 0 spiro atoms. The van der Waals surface area contributed by atoms with Crippen LogP contribution in [0.3, 0.4) is 0 Å². The number of benzene rings is 1. The third-order valence-corrected chi connectivity index (χ3v) is 3.45. The van der Waals surface area contributed by atoms with Gasteiger partial charge in [-0.3, -0.25) is 4.79 Å². The molecule has 0 aliphatic heterocycles. The van der Waals surface area contributed by atoms with Gasteiger partial charge in [0.25, 0.3) is 0 Å². The molecule has 1 N–H and O–H groups in total. The fourth-order valence-electron chi connectivity index (χ4n) is 1.36. The monoisotopic (exact) mass is 283 g/mol. The Morgan fingerprint density at radius 2 is 1.84 bits per heavy atom. The normalized spacial score (nSPS) is 10.9. The topological polar surface area (TPSA) is 55.4 Å². The van der Waals surface area contributed by atoms with Crippen LogP contribution in [0.5, 0.6) is 0 Å². The molecule has 1 aromatic rings. The van der Waals surface area contributed by atoms with Crippen LogP contribution in [0.15, 0.2) is 24.3 Å². The highest BCUT2D eigenvalue weighted by Crippen LogP contribution is 2.17. The van der Waals surface area contributed by atoms with Crippen molar-refractivity contribution < 1.29 is 14.3 Å². The van der Waals surface area contributed by atoms with E-state index in [1.54, 1.807) is 38.1 Å². The zero-order chi connectivity index (χ0) is 14.5. The van der Waals surface area contributed by atoms with Gasteiger partial charge in [0.1, 0.15) is 0 Å². The molecule has 0 heterocycles. The van der Waals surface area contributed by atoms with Crippen LogP contribution < -0.4 is 5.32 Å². The number of methoxy groups -OCH3 is 1. The Hall–Kier alpha value is -1.55. The van der Waals surface area contributed by atoms with E-state index in [-0.39, 0.29) is 17.8 Å². The van der Waals surface area contributed by atoms with Crippen LogP contribution in [0.1, 0.15) is 29.8 Å². The van der Waals surface area contributed by atoms with E-state index in [4.69, 9.17) is 11.6 Å². The van der Waals surface area contributed by atoms with Crippen LogP contribution in [0.4, 0.5) is 0 Å². The van der Waals surface area contributed by atoms with E-state index < -0.39 is 5.41 Å². The van der Waals surface area contributed by atoms with Gasteiger partial charge in [-0.15, -0.1) is 11.6 Å². The lowest BCUT2D eigenvalue weighted by atomic mass is 9.95. The number of hydrogen-bond donors (Lipinski definition) is 1.